The third kappa shape index (κ3) is 6.67. The molecule has 2 aliphatic heterocycles. The zero-order chi connectivity index (χ0) is 22.9. The van der Waals surface area contributed by atoms with Crippen molar-refractivity contribution in [2.24, 2.45) is 5.73 Å². The van der Waals surface area contributed by atoms with E-state index in [1.807, 2.05) is 23.1 Å². The number of likely N-dealkylation sites (tertiary alicyclic amines) is 1. The number of nitrogens with one attached hydrogen (secondary N) is 2. The molecule has 3 amide bonds. The van der Waals surface area contributed by atoms with E-state index >= 15 is 0 Å². The number of carbonyl (C=O) groups excluding carboxylic acids is 3. The van der Waals surface area contributed by atoms with Crippen molar-refractivity contribution in [3.8, 4) is 5.75 Å². The van der Waals surface area contributed by atoms with Gasteiger partial charge in [0.15, 0.2) is 13.1 Å². The highest BCUT2D eigenvalue weighted by molar-refractivity contribution is 5.96. The summed E-state index contributed by atoms with van der Waals surface area (Å²) in [6.07, 6.45) is 3.53. The topological polar surface area (TPSA) is 102 Å². The van der Waals surface area contributed by atoms with Gasteiger partial charge in [-0.3, -0.25) is 14.4 Å². The third-order valence-electron chi connectivity index (χ3n) is 6.43. The van der Waals surface area contributed by atoms with E-state index in [9.17, 15) is 14.4 Å². The summed E-state index contributed by atoms with van der Waals surface area (Å²) in [5, 5.41) is 0. The van der Waals surface area contributed by atoms with E-state index in [1.54, 1.807) is 18.1 Å². The minimum absolute atomic E-state index is 0.0569. The number of nitrogens with two attached hydrogens (primary N) is 1. The standard InChI is InChI=1S/C23H35N5O4/c1-32-20-8-4-3-7-19(20)28(12-9-21(24)29)23(31)18-26-15-13-25(14-16-26)17-22(30)27-10-5-2-6-11-27/h3-4,7-8H,2,5-6,9-18H2,1H3,(H2,24,29)/p+2. The van der Waals surface area contributed by atoms with Gasteiger partial charge < -0.3 is 30.1 Å². The Hall–Kier alpha value is -2.65. The fourth-order valence-electron chi connectivity index (χ4n) is 4.54. The van der Waals surface area contributed by atoms with Crippen molar-refractivity contribution in [2.75, 3.05) is 70.9 Å². The van der Waals surface area contributed by atoms with Gasteiger partial charge in [-0.05, 0) is 31.4 Å². The Morgan fingerprint density at radius 3 is 2.25 bits per heavy atom. The highest BCUT2D eigenvalue weighted by Crippen LogP contribution is 2.27. The minimum atomic E-state index is -0.444. The van der Waals surface area contributed by atoms with Crippen molar-refractivity contribution in [2.45, 2.75) is 25.7 Å². The fourth-order valence-corrected chi connectivity index (χ4v) is 4.54. The van der Waals surface area contributed by atoms with Crippen LogP contribution in [0.2, 0.25) is 0 Å². The minimum Gasteiger partial charge on any atom is -0.495 e. The first-order valence-corrected chi connectivity index (χ1v) is 11.6. The summed E-state index contributed by atoms with van der Waals surface area (Å²) in [6.45, 7) is 6.31. The van der Waals surface area contributed by atoms with E-state index in [1.165, 1.54) is 16.2 Å². The molecular formula is C23H37N5O4+2. The normalized spacial score (nSPS) is 21.1. The van der Waals surface area contributed by atoms with Crippen LogP contribution in [0.5, 0.6) is 5.75 Å². The van der Waals surface area contributed by atoms with Crippen molar-refractivity contribution < 1.29 is 28.9 Å². The molecule has 2 fully saturated rings. The number of benzene rings is 1. The lowest BCUT2D eigenvalue weighted by Crippen LogP contribution is -3.28. The second-order valence-electron chi connectivity index (χ2n) is 8.73. The number of primary amides is 1. The van der Waals surface area contributed by atoms with Crippen LogP contribution in [0.4, 0.5) is 5.69 Å². The Balaban J connectivity index is 1.54. The van der Waals surface area contributed by atoms with E-state index < -0.39 is 5.91 Å². The van der Waals surface area contributed by atoms with Crippen molar-refractivity contribution >= 4 is 23.4 Å². The van der Waals surface area contributed by atoms with Crippen LogP contribution in [-0.4, -0.2) is 88.6 Å². The van der Waals surface area contributed by atoms with E-state index in [-0.39, 0.29) is 24.8 Å². The molecule has 3 rings (SSSR count). The zero-order valence-electron chi connectivity index (χ0n) is 19.1. The van der Waals surface area contributed by atoms with Crippen LogP contribution in [0.15, 0.2) is 24.3 Å². The van der Waals surface area contributed by atoms with E-state index in [0.29, 0.717) is 24.5 Å². The van der Waals surface area contributed by atoms with Crippen LogP contribution in [0, 0.1) is 0 Å². The maximum atomic E-state index is 13.2. The lowest BCUT2D eigenvalue weighted by atomic mass is 10.1. The number of para-hydroxylation sites is 2. The maximum absolute atomic E-state index is 13.2. The first-order valence-electron chi connectivity index (χ1n) is 11.6. The number of rotatable bonds is 9. The molecule has 2 aliphatic rings. The molecule has 9 nitrogen and oxygen atoms in total. The predicted octanol–water partition coefficient (Wildman–Crippen LogP) is -2.30. The quantitative estimate of drug-likeness (QED) is 0.396. The Bertz CT molecular complexity index is 788. The molecule has 9 heteroatoms. The monoisotopic (exact) mass is 447 g/mol. The second kappa shape index (κ2) is 11.8. The number of ether oxygens (including phenoxy) is 1. The fraction of sp³-hybridized carbons (Fsp3) is 0.609. The number of nitrogens with zero attached hydrogens (tertiary/aromatic N) is 2. The first kappa shape index (κ1) is 24.0. The van der Waals surface area contributed by atoms with E-state index in [0.717, 1.165) is 52.1 Å². The molecule has 2 saturated heterocycles. The number of quaternary nitrogens is 2. The molecule has 1 aromatic carbocycles. The molecule has 1 aromatic rings. The molecule has 0 atom stereocenters. The van der Waals surface area contributed by atoms with Crippen LogP contribution < -0.4 is 25.2 Å². The summed E-state index contributed by atoms with van der Waals surface area (Å²) in [7, 11) is 1.56. The van der Waals surface area contributed by atoms with Crippen molar-refractivity contribution in [3.05, 3.63) is 24.3 Å². The third-order valence-corrected chi connectivity index (χ3v) is 6.43. The van der Waals surface area contributed by atoms with Crippen molar-refractivity contribution in [3.63, 3.8) is 0 Å². The lowest BCUT2D eigenvalue weighted by Gasteiger charge is -2.32. The number of hydrogen-bond donors (Lipinski definition) is 3. The number of piperazine rings is 1. The van der Waals surface area contributed by atoms with Gasteiger partial charge in [0.1, 0.15) is 31.9 Å². The summed E-state index contributed by atoms with van der Waals surface area (Å²) in [6, 6.07) is 7.31. The van der Waals surface area contributed by atoms with Crippen LogP contribution in [-0.2, 0) is 14.4 Å². The van der Waals surface area contributed by atoms with Crippen LogP contribution in [0.1, 0.15) is 25.7 Å². The van der Waals surface area contributed by atoms with Gasteiger partial charge in [0.05, 0.1) is 12.8 Å². The van der Waals surface area contributed by atoms with Gasteiger partial charge in [0, 0.05) is 26.1 Å². The first-order chi connectivity index (χ1) is 15.5. The Morgan fingerprint density at radius 2 is 1.62 bits per heavy atom. The van der Waals surface area contributed by atoms with Gasteiger partial charge in [-0.1, -0.05) is 12.1 Å². The zero-order valence-corrected chi connectivity index (χ0v) is 19.1. The summed E-state index contributed by atoms with van der Waals surface area (Å²) in [5.41, 5.74) is 5.99. The Kier molecular flexibility index (Phi) is 8.87. The van der Waals surface area contributed by atoms with Crippen molar-refractivity contribution in [1.29, 1.82) is 0 Å². The van der Waals surface area contributed by atoms with Gasteiger partial charge in [-0.25, -0.2) is 0 Å². The van der Waals surface area contributed by atoms with Crippen molar-refractivity contribution in [1.82, 2.24) is 4.90 Å². The highest BCUT2D eigenvalue weighted by Gasteiger charge is 2.30. The SMILES string of the molecule is COc1ccccc1N(CCC(N)=O)C(=O)C[NH+]1CC[NH+](CC(=O)N2CCCCC2)CC1. The molecule has 0 unspecified atom stereocenters. The van der Waals surface area contributed by atoms with Gasteiger partial charge in [-0.2, -0.15) is 0 Å². The molecule has 2 heterocycles. The van der Waals surface area contributed by atoms with Gasteiger partial charge in [-0.15, -0.1) is 0 Å². The van der Waals surface area contributed by atoms with E-state index in [2.05, 4.69) is 0 Å². The predicted molar refractivity (Wildman–Crippen MR) is 121 cm³/mol. The number of amides is 3. The molecule has 0 spiro atoms. The average molecular weight is 448 g/mol. The molecule has 4 N–H and O–H groups in total. The number of methoxy groups -OCH3 is 1. The second-order valence-corrected chi connectivity index (χ2v) is 8.73. The van der Waals surface area contributed by atoms with Crippen LogP contribution in [0.3, 0.4) is 0 Å². The van der Waals surface area contributed by atoms with Crippen LogP contribution >= 0.6 is 0 Å². The summed E-state index contributed by atoms with van der Waals surface area (Å²) >= 11 is 0. The molecule has 176 valence electrons. The molecule has 0 saturated carbocycles. The van der Waals surface area contributed by atoms with Crippen LogP contribution in [0.25, 0.3) is 0 Å². The molecule has 0 aliphatic carbocycles. The largest absolute Gasteiger partial charge is 0.495 e. The van der Waals surface area contributed by atoms with Gasteiger partial charge in [0.2, 0.25) is 5.91 Å². The number of anilines is 1. The number of piperidine rings is 1. The molecular weight excluding hydrogens is 410 g/mol. The Labute approximate surface area is 190 Å². The maximum Gasteiger partial charge on any atom is 0.282 e. The van der Waals surface area contributed by atoms with Gasteiger partial charge >= 0.3 is 0 Å². The molecule has 0 radical (unpaired) electrons. The molecule has 0 aromatic heterocycles. The summed E-state index contributed by atoms with van der Waals surface area (Å²) in [4.78, 5) is 43.2. The number of hydrogen-bond acceptors (Lipinski definition) is 4. The average Bonchev–Trinajstić information content (AvgIpc) is 2.81. The number of carbonyl (C=O) groups is 3. The highest BCUT2D eigenvalue weighted by atomic mass is 16.5. The molecule has 0 bridgehead atoms. The summed E-state index contributed by atoms with van der Waals surface area (Å²) in [5.74, 6) is 0.345. The Morgan fingerprint density at radius 1 is 1.00 bits per heavy atom. The van der Waals surface area contributed by atoms with E-state index in [4.69, 9.17) is 10.5 Å². The lowest BCUT2D eigenvalue weighted by molar-refractivity contribution is -1.00. The molecule has 32 heavy (non-hydrogen) atoms. The van der Waals surface area contributed by atoms with Gasteiger partial charge in [0.25, 0.3) is 11.8 Å². The summed E-state index contributed by atoms with van der Waals surface area (Å²) < 4.78 is 5.42. The smallest absolute Gasteiger partial charge is 0.282 e.